The Morgan fingerprint density at radius 3 is 2.78 bits per heavy atom. The molecule has 0 saturated carbocycles. The predicted octanol–water partition coefficient (Wildman–Crippen LogP) is 3.94. The van der Waals surface area contributed by atoms with E-state index in [2.05, 4.69) is 5.16 Å². The number of amides is 1. The summed E-state index contributed by atoms with van der Waals surface area (Å²) in [6, 6.07) is 19.7. The van der Waals surface area contributed by atoms with Crippen LogP contribution in [0.4, 0.5) is 0 Å². The molecule has 4 rings (SSSR count). The van der Waals surface area contributed by atoms with Gasteiger partial charge in [0.1, 0.15) is 11.4 Å². The minimum atomic E-state index is -0.0878. The zero-order valence-corrected chi connectivity index (χ0v) is 15.3. The summed E-state index contributed by atoms with van der Waals surface area (Å²) in [6.07, 6.45) is 1.41. The molecule has 27 heavy (non-hydrogen) atoms. The highest BCUT2D eigenvalue weighted by Crippen LogP contribution is 2.28. The maximum Gasteiger partial charge on any atom is 0.226 e. The molecule has 0 fully saturated rings. The van der Waals surface area contributed by atoms with E-state index in [-0.39, 0.29) is 11.8 Å². The van der Waals surface area contributed by atoms with Gasteiger partial charge in [0.25, 0.3) is 0 Å². The van der Waals surface area contributed by atoms with Gasteiger partial charge in [-0.25, -0.2) is 0 Å². The molecule has 0 aliphatic carbocycles. The molecule has 0 N–H and O–H groups in total. The van der Waals surface area contributed by atoms with Crippen molar-refractivity contribution in [1.29, 1.82) is 0 Å². The third-order valence-electron chi connectivity index (χ3n) is 4.91. The van der Waals surface area contributed by atoms with E-state index in [9.17, 15) is 4.79 Å². The highest BCUT2D eigenvalue weighted by molar-refractivity contribution is 5.79. The van der Waals surface area contributed by atoms with Gasteiger partial charge in [-0.15, -0.1) is 0 Å². The van der Waals surface area contributed by atoms with Crippen LogP contribution >= 0.6 is 0 Å². The van der Waals surface area contributed by atoms with Gasteiger partial charge in [0.2, 0.25) is 5.91 Å². The fourth-order valence-corrected chi connectivity index (χ4v) is 3.46. The minimum absolute atomic E-state index is 0.0878. The lowest BCUT2D eigenvalue weighted by atomic mass is 9.95. The minimum Gasteiger partial charge on any atom is -0.493 e. The van der Waals surface area contributed by atoms with E-state index in [4.69, 9.17) is 9.26 Å². The smallest absolute Gasteiger partial charge is 0.226 e. The van der Waals surface area contributed by atoms with E-state index in [1.54, 1.807) is 4.90 Å². The lowest BCUT2D eigenvalue weighted by molar-refractivity contribution is -0.135. The summed E-state index contributed by atoms with van der Waals surface area (Å²) in [7, 11) is 1.81. The quantitative estimate of drug-likeness (QED) is 0.705. The van der Waals surface area contributed by atoms with Crippen LogP contribution in [-0.4, -0.2) is 29.6 Å². The number of aromatic nitrogens is 1. The van der Waals surface area contributed by atoms with Crippen LogP contribution < -0.4 is 4.74 Å². The van der Waals surface area contributed by atoms with E-state index < -0.39 is 0 Å². The molecule has 1 aromatic heterocycles. The molecule has 3 aromatic rings. The van der Waals surface area contributed by atoms with Crippen molar-refractivity contribution < 1.29 is 14.1 Å². The topological polar surface area (TPSA) is 55.6 Å². The highest BCUT2D eigenvalue weighted by Gasteiger charge is 2.26. The molecule has 1 unspecified atom stereocenters. The standard InChI is InChI=1S/C22H22N2O3/c1-24(15-19-14-20(23-27-19)16-7-3-2-4-8-16)22(25)18-11-12-26-21-10-6-5-9-17(21)13-18/h2-10,14,18H,11-13,15H2,1H3. The number of benzene rings is 2. The third-order valence-corrected chi connectivity index (χ3v) is 4.91. The van der Waals surface area contributed by atoms with Crippen LogP contribution in [0.15, 0.2) is 65.2 Å². The summed E-state index contributed by atoms with van der Waals surface area (Å²) in [5.41, 5.74) is 2.87. The summed E-state index contributed by atoms with van der Waals surface area (Å²) in [4.78, 5) is 14.7. The van der Waals surface area contributed by atoms with Gasteiger partial charge in [0, 0.05) is 24.6 Å². The molecule has 1 aliphatic heterocycles. The van der Waals surface area contributed by atoms with Crippen LogP contribution in [0.5, 0.6) is 5.75 Å². The van der Waals surface area contributed by atoms with Crippen LogP contribution in [0.3, 0.4) is 0 Å². The molecule has 0 saturated heterocycles. The van der Waals surface area contributed by atoms with E-state index in [0.717, 1.165) is 22.6 Å². The SMILES string of the molecule is CN(Cc1cc(-c2ccccc2)no1)C(=O)C1CCOc2ccccc2C1. The maximum absolute atomic E-state index is 13.0. The van der Waals surface area contributed by atoms with Gasteiger partial charge in [-0.1, -0.05) is 53.7 Å². The van der Waals surface area contributed by atoms with Gasteiger partial charge < -0.3 is 14.2 Å². The second kappa shape index (κ2) is 7.66. The highest BCUT2D eigenvalue weighted by atomic mass is 16.5. The zero-order valence-electron chi connectivity index (χ0n) is 15.3. The number of hydrogen-bond acceptors (Lipinski definition) is 4. The average Bonchev–Trinajstić information content (AvgIpc) is 3.05. The summed E-state index contributed by atoms with van der Waals surface area (Å²) < 4.78 is 11.2. The van der Waals surface area contributed by atoms with Crippen molar-refractivity contribution in [3.63, 3.8) is 0 Å². The van der Waals surface area contributed by atoms with Crippen LogP contribution in [-0.2, 0) is 17.8 Å². The molecule has 1 atom stereocenters. The molecule has 5 heteroatoms. The monoisotopic (exact) mass is 362 g/mol. The first-order valence-corrected chi connectivity index (χ1v) is 9.17. The van der Waals surface area contributed by atoms with E-state index in [1.807, 2.05) is 67.7 Å². The molecule has 2 heterocycles. The Morgan fingerprint density at radius 1 is 1.15 bits per heavy atom. The molecular formula is C22H22N2O3. The van der Waals surface area contributed by atoms with Crippen LogP contribution in [0.1, 0.15) is 17.7 Å². The van der Waals surface area contributed by atoms with E-state index in [0.29, 0.717) is 31.8 Å². The van der Waals surface area contributed by atoms with Gasteiger partial charge in [-0.3, -0.25) is 4.79 Å². The Kier molecular flexibility index (Phi) is 4.92. The molecule has 0 spiro atoms. The molecule has 5 nitrogen and oxygen atoms in total. The first kappa shape index (κ1) is 17.3. The van der Waals surface area contributed by atoms with Crippen molar-refractivity contribution in [2.24, 2.45) is 5.92 Å². The van der Waals surface area contributed by atoms with Crippen molar-refractivity contribution in [2.45, 2.75) is 19.4 Å². The van der Waals surface area contributed by atoms with Crippen molar-refractivity contribution in [1.82, 2.24) is 10.1 Å². The Labute approximate surface area is 158 Å². The van der Waals surface area contributed by atoms with Crippen molar-refractivity contribution in [2.75, 3.05) is 13.7 Å². The van der Waals surface area contributed by atoms with Crippen molar-refractivity contribution in [3.05, 3.63) is 72.0 Å². The zero-order chi connectivity index (χ0) is 18.6. The first-order valence-electron chi connectivity index (χ1n) is 9.17. The molecule has 2 aromatic carbocycles. The van der Waals surface area contributed by atoms with Crippen LogP contribution in [0, 0.1) is 5.92 Å². The predicted molar refractivity (Wildman–Crippen MR) is 102 cm³/mol. The Morgan fingerprint density at radius 2 is 1.93 bits per heavy atom. The van der Waals surface area contributed by atoms with Crippen LogP contribution in [0.25, 0.3) is 11.3 Å². The molecule has 1 aliphatic rings. The molecule has 0 radical (unpaired) electrons. The van der Waals surface area contributed by atoms with Crippen molar-refractivity contribution >= 4 is 5.91 Å². The molecule has 138 valence electrons. The Balaban J connectivity index is 1.43. The fourth-order valence-electron chi connectivity index (χ4n) is 3.46. The van der Waals surface area contributed by atoms with Gasteiger partial charge >= 0.3 is 0 Å². The lowest BCUT2D eigenvalue weighted by Gasteiger charge is -2.21. The molecule has 1 amide bonds. The second-order valence-corrected chi connectivity index (χ2v) is 6.88. The van der Waals surface area contributed by atoms with Gasteiger partial charge in [-0.2, -0.15) is 0 Å². The number of rotatable bonds is 4. The average molecular weight is 362 g/mol. The Bertz CT molecular complexity index is 920. The fraction of sp³-hybridized carbons (Fsp3) is 0.273. The lowest BCUT2D eigenvalue weighted by Crippen LogP contribution is -2.33. The van der Waals surface area contributed by atoms with E-state index in [1.165, 1.54) is 0 Å². The summed E-state index contributed by atoms with van der Waals surface area (Å²) in [5.74, 6) is 1.58. The first-order chi connectivity index (χ1) is 13.2. The van der Waals surface area contributed by atoms with E-state index >= 15 is 0 Å². The largest absolute Gasteiger partial charge is 0.493 e. The molecular weight excluding hydrogens is 340 g/mol. The van der Waals surface area contributed by atoms with Crippen LogP contribution in [0.2, 0.25) is 0 Å². The number of hydrogen-bond donors (Lipinski definition) is 0. The van der Waals surface area contributed by atoms with Gasteiger partial charge in [-0.05, 0) is 24.5 Å². The van der Waals surface area contributed by atoms with Gasteiger partial charge in [0.15, 0.2) is 5.76 Å². The summed E-state index contributed by atoms with van der Waals surface area (Å²) >= 11 is 0. The number of fused-ring (bicyclic) bond motifs is 1. The number of para-hydroxylation sites is 1. The number of carbonyl (C=O) groups is 1. The summed E-state index contributed by atoms with van der Waals surface area (Å²) in [6.45, 7) is 0.958. The molecule has 0 bridgehead atoms. The number of nitrogens with zero attached hydrogens (tertiary/aromatic N) is 2. The van der Waals surface area contributed by atoms with Gasteiger partial charge in [0.05, 0.1) is 13.2 Å². The number of ether oxygens (including phenoxy) is 1. The normalized spacial score (nSPS) is 16.1. The van der Waals surface area contributed by atoms with Crippen molar-refractivity contribution in [3.8, 4) is 17.0 Å². The third kappa shape index (κ3) is 3.87. The summed E-state index contributed by atoms with van der Waals surface area (Å²) in [5, 5.41) is 4.12. The Hall–Kier alpha value is -3.08. The maximum atomic E-state index is 13.0. The number of carbonyl (C=O) groups excluding carboxylic acids is 1. The second-order valence-electron chi connectivity index (χ2n) is 6.88.